The number of rotatable bonds is 1. The van der Waals surface area contributed by atoms with E-state index in [0.29, 0.717) is 5.92 Å². The Labute approximate surface area is 82.6 Å². The first-order chi connectivity index (χ1) is 6.79. The van der Waals surface area contributed by atoms with Crippen molar-refractivity contribution in [3.8, 4) is 0 Å². The van der Waals surface area contributed by atoms with Crippen LogP contribution in [0.15, 0.2) is 18.6 Å². The first kappa shape index (κ1) is 8.32. The predicted molar refractivity (Wildman–Crippen MR) is 50.5 cm³/mol. The molecule has 0 aliphatic carbocycles. The van der Waals surface area contributed by atoms with Gasteiger partial charge >= 0.3 is 0 Å². The predicted octanol–water partition coefficient (Wildman–Crippen LogP) is -0.000300. The summed E-state index contributed by atoms with van der Waals surface area (Å²) in [4.78, 5) is 10.5. The lowest BCUT2D eigenvalue weighted by Gasteiger charge is -2.31. The molecule has 4 nitrogen and oxygen atoms in total. The molecule has 0 spiro atoms. The fourth-order valence-electron chi connectivity index (χ4n) is 2.65. The van der Waals surface area contributed by atoms with Gasteiger partial charge in [-0.2, -0.15) is 0 Å². The number of hydrogen-bond donors (Lipinski definition) is 1. The third kappa shape index (κ3) is 1.01. The van der Waals surface area contributed by atoms with Gasteiger partial charge < -0.3 is 5.11 Å². The largest absolute Gasteiger partial charge is 0.382 e. The molecule has 74 valence electrons. The van der Waals surface area contributed by atoms with E-state index >= 15 is 0 Å². The van der Waals surface area contributed by atoms with Gasteiger partial charge in [-0.05, 0) is 13.0 Å². The minimum atomic E-state index is -0.744. The highest BCUT2D eigenvalue weighted by molar-refractivity contribution is 5.16. The van der Waals surface area contributed by atoms with Crippen LogP contribution in [-0.2, 0) is 5.60 Å². The molecule has 1 aromatic heterocycles. The van der Waals surface area contributed by atoms with Crippen LogP contribution in [0.25, 0.3) is 0 Å². The normalized spacial score (nSPS) is 40.4. The Morgan fingerprint density at radius 1 is 1.50 bits per heavy atom. The summed E-state index contributed by atoms with van der Waals surface area (Å²) >= 11 is 0. The van der Waals surface area contributed by atoms with E-state index in [4.69, 9.17) is 0 Å². The molecule has 1 N–H and O–H groups in total. The first-order valence-corrected chi connectivity index (χ1v) is 5.00. The lowest BCUT2D eigenvalue weighted by Crippen LogP contribution is -2.40. The van der Waals surface area contributed by atoms with Crippen molar-refractivity contribution in [1.82, 2.24) is 14.9 Å². The molecule has 2 aliphatic rings. The van der Waals surface area contributed by atoms with Gasteiger partial charge in [-0.1, -0.05) is 0 Å². The maximum absolute atomic E-state index is 10.5. The molecule has 14 heavy (non-hydrogen) atoms. The van der Waals surface area contributed by atoms with Gasteiger partial charge in [0.05, 0.1) is 11.9 Å². The molecule has 0 amide bonds. The summed E-state index contributed by atoms with van der Waals surface area (Å²) < 4.78 is 0. The fraction of sp³-hybridized carbons (Fsp3) is 0.600. The average molecular weight is 191 g/mol. The molecular formula is C10H13N3O. The molecule has 0 aromatic carbocycles. The Balaban J connectivity index is 1.98. The summed E-state index contributed by atoms with van der Waals surface area (Å²) in [6.07, 6.45) is 6.05. The molecule has 3 heterocycles. The Morgan fingerprint density at radius 2 is 2.43 bits per heavy atom. The van der Waals surface area contributed by atoms with Crippen molar-refractivity contribution < 1.29 is 5.11 Å². The van der Waals surface area contributed by atoms with Gasteiger partial charge in [0, 0.05) is 31.4 Å². The van der Waals surface area contributed by atoms with Gasteiger partial charge in [-0.25, -0.2) is 0 Å². The summed E-state index contributed by atoms with van der Waals surface area (Å²) in [5, 5.41) is 10.5. The summed E-state index contributed by atoms with van der Waals surface area (Å²) in [5.41, 5.74) is -0.0147. The second kappa shape index (κ2) is 2.74. The van der Waals surface area contributed by atoms with Crippen LogP contribution in [0, 0.1) is 5.92 Å². The highest BCUT2D eigenvalue weighted by Crippen LogP contribution is 2.42. The maximum atomic E-state index is 10.5. The molecule has 2 fully saturated rings. The van der Waals surface area contributed by atoms with Crippen molar-refractivity contribution in [1.29, 1.82) is 0 Å². The first-order valence-electron chi connectivity index (χ1n) is 5.00. The highest BCUT2D eigenvalue weighted by atomic mass is 16.3. The number of piperidine rings is 1. The Morgan fingerprint density at radius 3 is 3.00 bits per heavy atom. The summed E-state index contributed by atoms with van der Waals surface area (Å²) in [6, 6.07) is 0. The second-order valence-electron chi connectivity index (χ2n) is 4.24. The molecular weight excluding hydrogens is 178 g/mol. The highest BCUT2D eigenvalue weighted by Gasteiger charge is 2.50. The van der Waals surface area contributed by atoms with E-state index in [9.17, 15) is 5.11 Å². The number of nitrogens with zero attached hydrogens (tertiary/aromatic N) is 3. The third-order valence-electron chi connectivity index (χ3n) is 3.42. The van der Waals surface area contributed by atoms with Gasteiger partial charge in [-0.3, -0.25) is 14.9 Å². The van der Waals surface area contributed by atoms with Gasteiger partial charge in [-0.15, -0.1) is 0 Å². The van der Waals surface area contributed by atoms with E-state index < -0.39 is 5.60 Å². The SMILES string of the molecule is O[C@]1(c2cnccn2)CN2CC[C@H]1C2. The molecule has 3 atom stereocenters. The van der Waals surface area contributed by atoms with Crippen LogP contribution in [0.4, 0.5) is 0 Å². The van der Waals surface area contributed by atoms with E-state index in [1.54, 1.807) is 18.6 Å². The molecule has 2 aliphatic heterocycles. The maximum Gasteiger partial charge on any atom is 0.125 e. The van der Waals surface area contributed by atoms with Crippen LogP contribution >= 0.6 is 0 Å². The number of fused-ring (bicyclic) bond motifs is 2. The molecule has 0 radical (unpaired) electrons. The summed E-state index contributed by atoms with van der Waals surface area (Å²) in [6.45, 7) is 2.84. The number of hydrogen-bond acceptors (Lipinski definition) is 4. The Hall–Kier alpha value is -1.00. The lowest BCUT2D eigenvalue weighted by atomic mass is 9.85. The van der Waals surface area contributed by atoms with Crippen LogP contribution in [0.5, 0.6) is 0 Å². The molecule has 2 bridgehead atoms. The van der Waals surface area contributed by atoms with Crippen molar-refractivity contribution in [2.45, 2.75) is 12.0 Å². The van der Waals surface area contributed by atoms with Gasteiger partial charge in [0.25, 0.3) is 0 Å². The molecule has 2 saturated heterocycles. The van der Waals surface area contributed by atoms with Crippen molar-refractivity contribution in [3.05, 3.63) is 24.3 Å². The zero-order valence-corrected chi connectivity index (χ0v) is 7.93. The number of aliphatic hydroxyl groups is 1. The zero-order chi connectivity index (χ0) is 9.60. The van der Waals surface area contributed by atoms with Crippen LogP contribution in [-0.4, -0.2) is 39.6 Å². The molecule has 4 heteroatoms. The van der Waals surface area contributed by atoms with E-state index in [1.165, 1.54) is 0 Å². The summed E-state index contributed by atoms with van der Waals surface area (Å²) in [5.74, 6) is 0.346. The van der Waals surface area contributed by atoms with Crippen LogP contribution in [0.2, 0.25) is 0 Å². The molecule has 1 unspecified atom stereocenters. The quantitative estimate of drug-likeness (QED) is 0.679. The Kier molecular flexibility index (Phi) is 1.63. The lowest BCUT2D eigenvalue weighted by molar-refractivity contribution is -0.0141. The van der Waals surface area contributed by atoms with E-state index in [2.05, 4.69) is 14.9 Å². The third-order valence-corrected chi connectivity index (χ3v) is 3.42. The van der Waals surface area contributed by atoms with E-state index in [0.717, 1.165) is 31.7 Å². The van der Waals surface area contributed by atoms with Gasteiger partial charge in [0.15, 0.2) is 0 Å². The molecule has 0 saturated carbocycles. The minimum Gasteiger partial charge on any atom is -0.382 e. The van der Waals surface area contributed by atoms with Crippen LogP contribution < -0.4 is 0 Å². The van der Waals surface area contributed by atoms with Crippen molar-refractivity contribution in [2.24, 2.45) is 5.92 Å². The van der Waals surface area contributed by atoms with Crippen molar-refractivity contribution >= 4 is 0 Å². The van der Waals surface area contributed by atoms with Crippen LogP contribution in [0.3, 0.4) is 0 Å². The molecule has 3 rings (SSSR count). The van der Waals surface area contributed by atoms with Crippen LogP contribution in [0.1, 0.15) is 12.1 Å². The van der Waals surface area contributed by atoms with Gasteiger partial charge in [0.2, 0.25) is 0 Å². The van der Waals surface area contributed by atoms with Crippen molar-refractivity contribution in [2.75, 3.05) is 19.6 Å². The monoisotopic (exact) mass is 191 g/mol. The number of aromatic nitrogens is 2. The minimum absolute atomic E-state index is 0.346. The Bertz CT molecular complexity index is 342. The zero-order valence-electron chi connectivity index (χ0n) is 7.93. The van der Waals surface area contributed by atoms with Crippen molar-refractivity contribution in [3.63, 3.8) is 0 Å². The smallest absolute Gasteiger partial charge is 0.125 e. The fourth-order valence-corrected chi connectivity index (χ4v) is 2.65. The van der Waals surface area contributed by atoms with E-state index in [1.807, 2.05) is 0 Å². The standard InChI is InChI=1S/C10H13N3O/c14-10(9-5-11-2-3-12-9)7-13-4-1-8(10)6-13/h2-3,5,8,14H,1,4,6-7H2/t8-,10+/m0/s1. The topological polar surface area (TPSA) is 49.3 Å². The average Bonchev–Trinajstić information content (AvgIpc) is 2.79. The van der Waals surface area contributed by atoms with E-state index in [-0.39, 0.29) is 0 Å². The summed E-state index contributed by atoms with van der Waals surface area (Å²) in [7, 11) is 0. The second-order valence-corrected chi connectivity index (χ2v) is 4.24. The van der Waals surface area contributed by atoms with Gasteiger partial charge in [0.1, 0.15) is 5.60 Å². The molecule has 1 aromatic rings.